The Morgan fingerprint density at radius 2 is 2.54 bits per heavy atom. The number of H-pyrrole nitrogens is 1. The summed E-state index contributed by atoms with van der Waals surface area (Å²) in [4.78, 5) is 10.9. The molecule has 4 heteroatoms. The summed E-state index contributed by atoms with van der Waals surface area (Å²) in [7, 11) is 0. The van der Waals surface area contributed by atoms with Crippen molar-refractivity contribution in [2.75, 3.05) is 6.61 Å². The third kappa shape index (κ3) is 1.62. The number of carbonyl (C=O) groups is 1. The van der Waals surface area contributed by atoms with E-state index in [1.165, 1.54) is 0 Å². The number of rotatable bonds is 2. The van der Waals surface area contributed by atoms with Crippen molar-refractivity contribution < 1.29 is 9.53 Å². The number of nitrogens with one attached hydrogen (secondary N) is 1. The van der Waals surface area contributed by atoms with Crippen LogP contribution in [0.1, 0.15) is 23.9 Å². The lowest BCUT2D eigenvalue weighted by atomic mass is 10.1. The fourth-order valence-electron chi connectivity index (χ4n) is 1.55. The molecule has 0 aromatic carbocycles. The third-order valence-corrected chi connectivity index (χ3v) is 2.20. The van der Waals surface area contributed by atoms with Crippen molar-refractivity contribution in [3.05, 3.63) is 17.0 Å². The van der Waals surface area contributed by atoms with Crippen molar-refractivity contribution in [1.29, 1.82) is 0 Å². The van der Waals surface area contributed by atoms with Crippen molar-refractivity contribution in [2.45, 2.75) is 26.4 Å². The van der Waals surface area contributed by atoms with E-state index in [0.29, 0.717) is 13.0 Å². The molecule has 0 radical (unpaired) electrons. The molecule has 0 saturated carbocycles. The molecule has 0 amide bonds. The molecule has 2 rings (SSSR count). The van der Waals surface area contributed by atoms with Gasteiger partial charge < -0.3 is 4.74 Å². The zero-order valence-electron chi connectivity index (χ0n) is 7.59. The van der Waals surface area contributed by atoms with Crippen molar-refractivity contribution in [2.24, 2.45) is 0 Å². The number of carbonyl (C=O) groups excluding carboxylic acids is 1. The molecular formula is C9H12N2O2. The van der Waals surface area contributed by atoms with E-state index in [9.17, 15) is 4.79 Å². The molecule has 13 heavy (non-hydrogen) atoms. The van der Waals surface area contributed by atoms with Gasteiger partial charge in [0, 0.05) is 17.7 Å². The minimum Gasteiger partial charge on any atom is -0.376 e. The third-order valence-electron chi connectivity index (χ3n) is 2.20. The van der Waals surface area contributed by atoms with Gasteiger partial charge >= 0.3 is 0 Å². The number of fused-ring (bicyclic) bond motifs is 1. The van der Waals surface area contributed by atoms with Crippen LogP contribution in [0.5, 0.6) is 0 Å². The lowest BCUT2D eigenvalue weighted by Gasteiger charge is -2.11. The summed E-state index contributed by atoms with van der Waals surface area (Å²) in [6.07, 6.45) is 1.29. The summed E-state index contributed by atoms with van der Waals surface area (Å²) in [5, 5.41) is 7.06. The Morgan fingerprint density at radius 3 is 3.31 bits per heavy atom. The highest BCUT2D eigenvalue weighted by atomic mass is 16.5. The Labute approximate surface area is 76.3 Å². The van der Waals surface area contributed by atoms with Gasteiger partial charge in [-0.25, -0.2) is 0 Å². The molecule has 0 aliphatic carbocycles. The van der Waals surface area contributed by atoms with Crippen LogP contribution in [-0.4, -0.2) is 22.6 Å². The summed E-state index contributed by atoms with van der Waals surface area (Å²) in [5.41, 5.74) is 3.06. The first-order valence-corrected chi connectivity index (χ1v) is 4.39. The van der Waals surface area contributed by atoms with E-state index in [2.05, 4.69) is 10.2 Å². The number of aromatic amines is 1. The molecule has 1 aromatic rings. The highest BCUT2D eigenvalue weighted by molar-refractivity contribution is 5.78. The van der Waals surface area contributed by atoms with Gasteiger partial charge in [-0.05, 0) is 6.92 Å². The smallest absolute Gasteiger partial charge is 0.135 e. The second-order valence-electron chi connectivity index (χ2n) is 3.31. The number of ether oxygens (including phenoxy) is 1. The fraction of sp³-hybridized carbons (Fsp3) is 0.556. The van der Waals surface area contributed by atoms with Crippen LogP contribution in [0.3, 0.4) is 0 Å². The minimum absolute atomic E-state index is 0.139. The molecule has 0 spiro atoms. The van der Waals surface area contributed by atoms with Gasteiger partial charge in [-0.2, -0.15) is 5.10 Å². The average molecular weight is 180 g/mol. The minimum atomic E-state index is 0.139. The molecule has 4 nitrogen and oxygen atoms in total. The predicted molar refractivity (Wildman–Crippen MR) is 46.3 cm³/mol. The van der Waals surface area contributed by atoms with E-state index in [1.54, 1.807) is 6.92 Å². The maximum Gasteiger partial charge on any atom is 0.135 e. The van der Waals surface area contributed by atoms with Crippen LogP contribution >= 0.6 is 0 Å². The number of aromatic nitrogens is 2. The number of hydrogen-bond acceptors (Lipinski definition) is 3. The van der Waals surface area contributed by atoms with E-state index >= 15 is 0 Å². The van der Waals surface area contributed by atoms with Gasteiger partial charge in [0.05, 0.1) is 25.3 Å². The summed E-state index contributed by atoms with van der Waals surface area (Å²) >= 11 is 0. The molecule has 0 bridgehead atoms. The largest absolute Gasteiger partial charge is 0.376 e. The van der Waals surface area contributed by atoms with Crippen LogP contribution in [0.25, 0.3) is 0 Å². The highest BCUT2D eigenvalue weighted by Gasteiger charge is 2.17. The molecule has 0 atom stereocenters. The van der Waals surface area contributed by atoms with Gasteiger partial charge in [-0.1, -0.05) is 0 Å². The fourth-order valence-corrected chi connectivity index (χ4v) is 1.55. The van der Waals surface area contributed by atoms with Crippen LogP contribution < -0.4 is 0 Å². The molecule has 1 N–H and O–H groups in total. The lowest BCUT2D eigenvalue weighted by molar-refractivity contribution is -0.116. The van der Waals surface area contributed by atoms with Crippen LogP contribution in [0.2, 0.25) is 0 Å². The zero-order valence-corrected chi connectivity index (χ0v) is 7.59. The van der Waals surface area contributed by atoms with E-state index in [4.69, 9.17) is 4.74 Å². The monoisotopic (exact) mass is 180 g/mol. The van der Waals surface area contributed by atoms with Gasteiger partial charge in [-0.3, -0.25) is 9.89 Å². The van der Waals surface area contributed by atoms with Crippen molar-refractivity contribution in [3.8, 4) is 0 Å². The molecule has 70 valence electrons. The SMILES string of the molecule is CC(=O)Cc1n[nH]c2c1COCC2. The second-order valence-corrected chi connectivity index (χ2v) is 3.31. The second kappa shape index (κ2) is 3.30. The first-order chi connectivity index (χ1) is 6.27. The Bertz CT molecular complexity index is 330. The Morgan fingerprint density at radius 1 is 1.69 bits per heavy atom. The number of hydrogen-bond donors (Lipinski definition) is 1. The van der Waals surface area contributed by atoms with Gasteiger partial charge in [-0.15, -0.1) is 0 Å². The van der Waals surface area contributed by atoms with Crippen LogP contribution in [0.4, 0.5) is 0 Å². The zero-order chi connectivity index (χ0) is 9.26. The van der Waals surface area contributed by atoms with E-state index in [1.807, 2.05) is 0 Å². The van der Waals surface area contributed by atoms with Crippen LogP contribution in [0.15, 0.2) is 0 Å². The molecule has 0 fully saturated rings. The highest BCUT2D eigenvalue weighted by Crippen LogP contribution is 2.18. The summed E-state index contributed by atoms with van der Waals surface area (Å²) < 4.78 is 5.31. The lowest BCUT2D eigenvalue weighted by Crippen LogP contribution is -2.10. The predicted octanol–water partition coefficient (Wildman–Crippen LogP) is 0.614. The van der Waals surface area contributed by atoms with E-state index in [-0.39, 0.29) is 5.78 Å². The molecule has 1 aromatic heterocycles. The molecule has 0 saturated heterocycles. The molecule has 0 unspecified atom stereocenters. The van der Waals surface area contributed by atoms with Gasteiger partial charge in [0.15, 0.2) is 0 Å². The maximum absolute atomic E-state index is 10.9. The van der Waals surface area contributed by atoms with Crippen molar-refractivity contribution >= 4 is 5.78 Å². The van der Waals surface area contributed by atoms with Crippen LogP contribution in [0, 0.1) is 0 Å². The molecule has 1 aliphatic rings. The Hall–Kier alpha value is -1.16. The van der Waals surface area contributed by atoms with Gasteiger partial charge in [0.1, 0.15) is 5.78 Å². The molecular weight excluding hydrogens is 168 g/mol. The average Bonchev–Trinajstić information content (AvgIpc) is 2.48. The maximum atomic E-state index is 10.9. The number of ketones is 1. The molecule has 2 heterocycles. The van der Waals surface area contributed by atoms with Gasteiger partial charge in [0.2, 0.25) is 0 Å². The summed E-state index contributed by atoms with van der Waals surface area (Å²) in [5.74, 6) is 0.139. The van der Waals surface area contributed by atoms with Crippen molar-refractivity contribution in [3.63, 3.8) is 0 Å². The summed E-state index contributed by atoms with van der Waals surface area (Å²) in [6, 6.07) is 0. The van der Waals surface area contributed by atoms with Crippen molar-refractivity contribution in [1.82, 2.24) is 10.2 Å². The van der Waals surface area contributed by atoms with E-state index in [0.717, 1.165) is 30.0 Å². The number of Topliss-reactive ketones (excluding diaryl/α,β-unsaturated/α-hetero) is 1. The number of nitrogens with zero attached hydrogens (tertiary/aromatic N) is 1. The standard InChI is InChI=1S/C9H12N2O2/c1-6(12)4-9-7-5-13-3-2-8(7)10-11-9/h2-5H2,1H3,(H,10,11). The summed E-state index contributed by atoms with van der Waals surface area (Å²) in [6.45, 7) is 2.91. The Kier molecular flexibility index (Phi) is 2.14. The first-order valence-electron chi connectivity index (χ1n) is 4.39. The first kappa shape index (κ1) is 8.44. The van der Waals surface area contributed by atoms with Crippen LogP contribution in [-0.2, 0) is 29.0 Å². The van der Waals surface area contributed by atoms with Gasteiger partial charge in [0.25, 0.3) is 0 Å². The van der Waals surface area contributed by atoms with E-state index < -0.39 is 0 Å². The Balaban J connectivity index is 2.26. The quantitative estimate of drug-likeness (QED) is 0.725. The topological polar surface area (TPSA) is 55.0 Å². The normalized spacial score (nSPS) is 15.5. The molecule has 1 aliphatic heterocycles.